The minimum Gasteiger partial charge on any atom is -0.394 e. The van der Waals surface area contributed by atoms with Gasteiger partial charge in [-0.15, -0.1) is 0 Å². The Labute approximate surface area is 638 Å². The normalized spacial score (nSPS) is 28.3. The smallest absolute Gasteiger partial charge is 0.394 e. The Balaban J connectivity index is 1.33. The summed E-state index contributed by atoms with van der Waals surface area (Å²) in [6, 6.07) is -3.16. The Bertz CT molecular complexity index is 2570. The van der Waals surface area contributed by atoms with E-state index in [1.165, 1.54) is 20.8 Å². The van der Waals surface area contributed by atoms with Crippen molar-refractivity contribution in [3.05, 3.63) is 0 Å². The number of phosphoric ester groups is 1. The fraction of sp³-hybridized carbons (Fsp3) is 0.887. The van der Waals surface area contributed by atoms with Crippen LogP contribution in [0.25, 0.3) is 0 Å². The standard InChI is InChI=1S/C71H128N7O30P/c1-45(82)76-59-65(93)62(90)52(40-79)106-69(59)102-31-17-9-5-13-28-73-56(87)24-35-99-43-49-38-48(51(85)22-21-23-55(86)72-27-16-8-12-20-34-105-109(96,97)98-4)39-50(44-100-36-25-57(88)74-29-14-6-10-18-32-103-70-60(77-46(2)83)66(94)63(91)53(41-80)107-70)68(49)101-37-26-58(89)75-30-15-7-11-19-33-104-71-61(78-47(3)84)67(95)64(92)54(42-81)108-71/h48-50,52-54,59-71,79-81,90-95H,5-44H2,1-4H3,(H,72,86)(H,73,87)(H,74,88)(H,75,89)(H,76,82)(H,77,83)(H,78,84)(H,96,97). The van der Waals surface area contributed by atoms with Gasteiger partial charge >= 0.3 is 7.82 Å². The molecule has 17 N–H and O–H groups in total. The molecule has 4 rings (SSSR count). The molecule has 1 saturated carbocycles. The number of Topliss-reactive ketones (excluding diaryl/α,β-unsaturated/α-hetero) is 1. The van der Waals surface area contributed by atoms with Crippen LogP contribution >= 0.6 is 7.82 Å². The number of unbranched alkanes of at least 4 members (excludes halogenated alkanes) is 12. The molecule has 109 heavy (non-hydrogen) atoms. The lowest BCUT2D eigenvalue weighted by Gasteiger charge is -2.42. The molecule has 1 aliphatic carbocycles. The van der Waals surface area contributed by atoms with Gasteiger partial charge in [-0.2, -0.15) is 0 Å². The molecule has 7 amide bonds. The van der Waals surface area contributed by atoms with Gasteiger partial charge in [0.05, 0.1) is 65.6 Å². The number of rotatable bonds is 58. The number of nitrogens with one attached hydrogen (secondary N) is 7. The predicted molar refractivity (Wildman–Crippen MR) is 386 cm³/mol. The van der Waals surface area contributed by atoms with Crippen molar-refractivity contribution < 1.29 is 145 Å². The number of ether oxygens (including phenoxy) is 9. The van der Waals surface area contributed by atoms with Gasteiger partial charge in [-0.3, -0.25) is 47.4 Å². The van der Waals surface area contributed by atoms with Gasteiger partial charge in [-0.25, -0.2) is 4.57 Å². The number of ketones is 1. The van der Waals surface area contributed by atoms with Crippen LogP contribution in [0.1, 0.15) is 175 Å². The molecule has 3 heterocycles. The molecular formula is C71H128N7O30P. The Morgan fingerprint density at radius 1 is 0.394 bits per heavy atom. The monoisotopic (exact) mass is 1590 g/mol. The molecule has 0 aromatic carbocycles. The number of aliphatic hydroxyl groups excluding tert-OH is 9. The van der Waals surface area contributed by atoms with Crippen molar-refractivity contribution in [1.82, 2.24) is 37.2 Å². The van der Waals surface area contributed by atoms with E-state index < -0.39 is 161 Å². The number of hydrogen-bond donors (Lipinski definition) is 17. The summed E-state index contributed by atoms with van der Waals surface area (Å²) in [6.45, 7) is 4.37. The first-order valence-corrected chi connectivity index (χ1v) is 40.2. The molecule has 0 spiro atoms. The van der Waals surface area contributed by atoms with E-state index in [2.05, 4.69) is 41.7 Å². The molecule has 632 valence electrons. The largest absolute Gasteiger partial charge is 0.471 e. The molecule has 0 bridgehead atoms. The van der Waals surface area contributed by atoms with Gasteiger partial charge in [0.25, 0.3) is 0 Å². The second kappa shape index (κ2) is 55.0. The molecule has 4 aliphatic rings. The van der Waals surface area contributed by atoms with Crippen LogP contribution in [0.4, 0.5) is 0 Å². The molecule has 38 heteroatoms. The predicted octanol–water partition coefficient (Wildman–Crippen LogP) is -1.69. The summed E-state index contributed by atoms with van der Waals surface area (Å²) >= 11 is 0. The summed E-state index contributed by atoms with van der Waals surface area (Å²) in [5, 5.41) is 111. The van der Waals surface area contributed by atoms with Crippen molar-refractivity contribution in [2.45, 2.75) is 273 Å². The van der Waals surface area contributed by atoms with E-state index in [0.717, 1.165) is 26.4 Å². The van der Waals surface area contributed by atoms with E-state index >= 15 is 0 Å². The van der Waals surface area contributed by atoms with Gasteiger partial charge in [0.2, 0.25) is 41.4 Å². The Hall–Kier alpha value is -4.65. The maximum Gasteiger partial charge on any atom is 0.471 e. The molecule has 18 unspecified atom stereocenters. The maximum atomic E-state index is 14.2. The molecule has 18 atom stereocenters. The van der Waals surface area contributed by atoms with E-state index in [1.54, 1.807) is 0 Å². The molecule has 0 radical (unpaired) electrons. The first kappa shape index (κ1) is 96.7. The molecule has 3 saturated heterocycles. The van der Waals surface area contributed by atoms with Crippen LogP contribution in [0, 0.1) is 17.8 Å². The van der Waals surface area contributed by atoms with Crippen LogP contribution in [0.15, 0.2) is 0 Å². The summed E-state index contributed by atoms with van der Waals surface area (Å²) < 4.78 is 74.1. The lowest BCUT2D eigenvalue weighted by molar-refractivity contribution is -0.270. The van der Waals surface area contributed by atoms with E-state index in [-0.39, 0.29) is 127 Å². The number of amides is 7. The van der Waals surface area contributed by atoms with Gasteiger partial charge in [0.15, 0.2) is 18.9 Å². The first-order valence-electron chi connectivity index (χ1n) is 38.7. The van der Waals surface area contributed by atoms with Crippen LogP contribution in [0.5, 0.6) is 0 Å². The highest BCUT2D eigenvalue weighted by molar-refractivity contribution is 7.47. The van der Waals surface area contributed by atoms with E-state index in [4.69, 9.17) is 47.2 Å². The number of hydrogen-bond acceptors (Lipinski definition) is 29. The van der Waals surface area contributed by atoms with Crippen molar-refractivity contribution in [1.29, 1.82) is 0 Å². The second-order valence-electron chi connectivity index (χ2n) is 28.2. The number of aliphatic hydroxyl groups is 9. The van der Waals surface area contributed by atoms with E-state index in [0.29, 0.717) is 122 Å². The van der Waals surface area contributed by atoms with Crippen LogP contribution < -0.4 is 37.2 Å². The average molecular weight is 1590 g/mol. The third-order valence-electron chi connectivity index (χ3n) is 19.3. The molecule has 37 nitrogen and oxygen atoms in total. The summed E-state index contributed by atoms with van der Waals surface area (Å²) in [7, 11) is -2.97. The van der Waals surface area contributed by atoms with Crippen LogP contribution in [-0.4, -0.2) is 309 Å². The third-order valence-corrected chi connectivity index (χ3v) is 20.3. The third kappa shape index (κ3) is 37.9. The van der Waals surface area contributed by atoms with E-state index in [9.17, 15) is 93.8 Å². The minimum absolute atomic E-state index is 0.0108. The maximum absolute atomic E-state index is 14.2. The number of carbonyl (C=O) groups excluding carboxylic acids is 8. The molecule has 4 fully saturated rings. The fourth-order valence-corrected chi connectivity index (χ4v) is 13.8. The Morgan fingerprint density at radius 2 is 0.716 bits per heavy atom. The number of carbonyl (C=O) groups is 8. The van der Waals surface area contributed by atoms with Crippen molar-refractivity contribution in [2.24, 2.45) is 17.8 Å². The van der Waals surface area contributed by atoms with E-state index in [1.807, 2.05) is 0 Å². The quantitative estimate of drug-likeness (QED) is 0.0239. The van der Waals surface area contributed by atoms with Gasteiger partial charge in [0, 0.05) is 124 Å². The van der Waals surface area contributed by atoms with Crippen molar-refractivity contribution in [3.8, 4) is 0 Å². The average Bonchev–Trinajstić information content (AvgIpc) is 0.831. The summed E-state index contributed by atoms with van der Waals surface area (Å²) in [6.07, 6.45) is -4.18. The molecule has 3 aliphatic heterocycles. The van der Waals surface area contributed by atoms with Crippen molar-refractivity contribution >= 4 is 55.0 Å². The van der Waals surface area contributed by atoms with Crippen LogP contribution in [-0.2, 0) is 94.6 Å². The van der Waals surface area contributed by atoms with Gasteiger partial charge in [-0.1, -0.05) is 51.4 Å². The lowest BCUT2D eigenvalue weighted by atomic mass is 9.71. The molecule has 0 aromatic heterocycles. The number of phosphoric acid groups is 1. The molecular weight excluding hydrogens is 1460 g/mol. The summed E-state index contributed by atoms with van der Waals surface area (Å²) in [4.78, 5) is 111. The Morgan fingerprint density at radius 3 is 1.05 bits per heavy atom. The minimum atomic E-state index is -4.05. The zero-order valence-corrected chi connectivity index (χ0v) is 64.7. The summed E-state index contributed by atoms with van der Waals surface area (Å²) in [5.41, 5.74) is 0. The van der Waals surface area contributed by atoms with Crippen LogP contribution in [0.3, 0.4) is 0 Å². The first-order chi connectivity index (χ1) is 52.2. The van der Waals surface area contributed by atoms with Crippen molar-refractivity contribution in [2.75, 3.05) is 113 Å². The highest BCUT2D eigenvalue weighted by atomic mass is 31.2. The molecule has 0 aromatic rings. The second-order valence-corrected chi connectivity index (χ2v) is 29.8. The lowest BCUT2D eigenvalue weighted by Crippen LogP contribution is -2.64. The highest BCUT2D eigenvalue weighted by Crippen LogP contribution is 2.42. The fourth-order valence-electron chi connectivity index (χ4n) is 13.3. The van der Waals surface area contributed by atoms with Gasteiger partial charge < -0.3 is 131 Å². The van der Waals surface area contributed by atoms with Crippen LogP contribution in [0.2, 0.25) is 0 Å². The summed E-state index contributed by atoms with van der Waals surface area (Å²) in [5.74, 6) is -3.84. The van der Waals surface area contributed by atoms with Crippen molar-refractivity contribution in [3.63, 3.8) is 0 Å². The Kier molecular flexibility index (Phi) is 48.8. The zero-order valence-electron chi connectivity index (χ0n) is 63.8. The van der Waals surface area contributed by atoms with Gasteiger partial charge in [-0.05, 0) is 70.6 Å². The topological polar surface area (TPSA) is 542 Å². The SMILES string of the molecule is COP(=O)(O)OCCCCCCNC(=O)CCCC(=O)C1CC(COCCC(=O)NCCCCCCOC2OC(CO)C(O)C(O)C2NC(C)=O)C(OCCC(=O)NCCCCCCOC2OC(CO)C(O)C(O)C2NC(C)=O)C(COCCC(=O)NCCCCCCOC2OC(CO)C(O)C(O)C2NC(C)=O)C1. The van der Waals surface area contributed by atoms with Gasteiger partial charge in [0.1, 0.15) is 78.8 Å². The highest BCUT2D eigenvalue weighted by Gasteiger charge is 2.48. The zero-order chi connectivity index (χ0) is 80.1.